The molecule has 0 bridgehead atoms. The Morgan fingerprint density at radius 1 is 1.29 bits per heavy atom. The Morgan fingerprint density at radius 3 is 2.76 bits per heavy atom. The van der Waals surface area contributed by atoms with E-state index in [1.54, 1.807) is 0 Å². The highest BCUT2D eigenvalue weighted by molar-refractivity contribution is 5.05. The van der Waals surface area contributed by atoms with Gasteiger partial charge in [0.25, 0.3) is 0 Å². The van der Waals surface area contributed by atoms with Crippen molar-refractivity contribution in [3.63, 3.8) is 0 Å². The van der Waals surface area contributed by atoms with Crippen molar-refractivity contribution in [1.82, 2.24) is 10.3 Å². The summed E-state index contributed by atoms with van der Waals surface area (Å²) in [5, 5.41) is 3.75. The molecule has 0 amide bonds. The zero-order valence-corrected chi connectivity index (χ0v) is 10.9. The monoisotopic (exact) mass is 232 g/mol. The molecule has 1 fully saturated rings. The highest BCUT2D eigenvalue weighted by Gasteiger charge is 2.35. The van der Waals surface area contributed by atoms with Crippen LogP contribution in [0.4, 0.5) is 0 Å². The maximum Gasteiger partial charge on any atom is 0.0541 e. The quantitative estimate of drug-likeness (QED) is 0.725. The van der Waals surface area contributed by atoms with Crippen molar-refractivity contribution in [1.29, 1.82) is 0 Å². The van der Waals surface area contributed by atoms with Crippen LogP contribution in [0.1, 0.15) is 57.6 Å². The van der Waals surface area contributed by atoms with Gasteiger partial charge in [-0.2, -0.15) is 0 Å². The van der Waals surface area contributed by atoms with Crippen LogP contribution in [0.3, 0.4) is 0 Å². The lowest BCUT2D eigenvalue weighted by Gasteiger charge is -2.43. The molecule has 2 rings (SSSR count). The highest BCUT2D eigenvalue weighted by atomic mass is 15.0. The van der Waals surface area contributed by atoms with E-state index >= 15 is 0 Å². The molecule has 0 saturated heterocycles. The number of pyridine rings is 1. The van der Waals surface area contributed by atoms with E-state index in [1.807, 2.05) is 12.3 Å². The highest BCUT2D eigenvalue weighted by Crippen LogP contribution is 2.36. The normalized spacial score (nSPS) is 17.7. The maximum absolute atomic E-state index is 4.37. The number of rotatable bonds is 7. The van der Waals surface area contributed by atoms with E-state index < -0.39 is 0 Å². The second kappa shape index (κ2) is 6.15. The third kappa shape index (κ3) is 3.53. The van der Waals surface area contributed by atoms with Crippen LogP contribution in [0.25, 0.3) is 0 Å². The van der Waals surface area contributed by atoms with Gasteiger partial charge in [0.05, 0.1) is 5.69 Å². The van der Waals surface area contributed by atoms with Gasteiger partial charge in [0.15, 0.2) is 0 Å². The van der Waals surface area contributed by atoms with Crippen LogP contribution in [0.15, 0.2) is 24.4 Å². The number of nitrogens with one attached hydrogen (secondary N) is 1. The lowest BCUT2D eigenvalue weighted by molar-refractivity contribution is 0.162. The fourth-order valence-corrected chi connectivity index (χ4v) is 2.61. The summed E-state index contributed by atoms with van der Waals surface area (Å²) in [5.74, 6) is 0. The minimum Gasteiger partial charge on any atom is -0.306 e. The molecule has 0 atom stereocenters. The Balaban J connectivity index is 1.79. The smallest absolute Gasteiger partial charge is 0.0541 e. The fourth-order valence-electron chi connectivity index (χ4n) is 2.61. The Morgan fingerprint density at radius 2 is 2.18 bits per heavy atom. The largest absolute Gasteiger partial charge is 0.306 e. The van der Waals surface area contributed by atoms with Crippen molar-refractivity contribution in [3.8, 4) is 0 Å². The summed E-state index contributed by atoms with van der Waals surface area (Å²) in [7, 11) is 0. The topological polar surface area (TPSA) is 24.9 Å². The zero-order chi connectivity index (χ0) is 12.0. The Bertz CT molecular complexity index is 317. The van der Waals surface area contributed by atoms with Crippen molar-refractivity contribution >= 4 is 0 Å². The van der Waals surface area contributed by atoms with E-state index in [-0.39, 0.29) is 0 Å². The lowest BCUT2D eigenvalue weighted by atomic mass is 9.73. The zero-order valence-electron chi connectivity index (χ0n) is 10.9. The molecule has 1 aromatic heterocycles. The van der Waals surface area contributed by atoms with Gasteiger partial charge in [-0.15, -0.1) is 0 Å². The number of unbranched alkanes of at least 4 members (excludes halogenated alkanes) is 2. The molecule has 1 aliphatic carbocycles. The number of nitrogens with zero attached hydrogens (tertiary/aromatic N) is 1. The molecule has 94 valence electrons. The van der Waals surface area contributed by atoms with Crippen molar-refractivity contribution in [2.75, 3.05) is 0 Å². The molecule has 0 aliphatic heterocycles. The first-order valence-corrected chi connectivity index (χ1v) is 7.00. The summed E-state index contributed by atoms with van der Waals surface area (Å²) >= 11 is 0. The van der Waals surface area contributed by atoms with Crippen molar-refractivity contribution in [3.05, 3.63) is 30.1 Å². The van der Waals surface area contributed by atoms with Gasteiger partial charge in [-0.05, 0) is 37.8 Å². The SMILES string of the molecule is CCCCCC1(NCc2ccccn2)CCC1. The third-order valence-corrected chi connectivity index (χ3v) is 3.94. The first kappa shape index (κ1) is 12.6. The van der Waals surface area contributed by atoms with E-state index in [4.69, 9.17) is 0 Å². The molecule has 0 spiro atoms. The number of hydrogen-bond acceptors (Lipinski definition) is 2. The van der Waals surface area contributed by atoms with E-state index in [0.717, 1.165) is 12.2 Å². The maximum atomic E-state index is 4.37. The van der Waals surface area contributed by atoms with E-state index in [1.165, 1.54) is 44.9 Å². The molecule has 0 unspecified atom stereocenters. The van der Waals surface area contributed by atoms with Crippen LogP contribution in [0.2, 0.25) is 0 Å². The average molecular weight is 232 g/mol. The molecule has 17 heavy (non-hydrogen) atoms. The van der Waals surface area contributed by atoms with Crippen molar-refractivity contribution in [2.24, 2.45) is 0 Å². The van der Waals surface area contributed by atoms with Gasteiger partial charge >= 0.3 is 0 Å². The summed E-state index contributed by atoms with van der Waals surface area (Å²) in [6.07, 6.45) is 11.4. The number of hydrogen-bond donors (Lipinski definition) is 1. The Hall–Kier alpha value is -0.890. The van der Waals surface area contributed by atoms with Crippen LogP contribution in [0.5, 0.6) is 0 Å². The predicted octanol–water partition coefficient (Wildman–Crippen LogP) is 3.67. The molecule has 2 heteroatoms. The van der Waals surface area contributed by atoms with Gasteiger partial charge in [-0.3, -0.25) is 4.98 Å². The van der Waals surface area contributed by atoms with Gasteiger partial charge in [-0.1, -0.05) is 32.3 Å². The summed E-state index contributed by atoms with van der Waals surface area (Å²) in [5.41, 5.74) is 1.60. The average Bonchev–Trinajstić information content (AvgIpc) is 2.33. The molecule has 1 aliphatic rings. The molecule has 0 aromatic carbocycles. The van der Waals surface area contributed by atoms with Crippen molar-refractivity contribution < 1.29 is 0 Å². The minimum atomic E-state index is 0.437. The van der Waals surface area contributed by atoms with Gasteiger partial charge in [-0.25, -0.2) is 0 Å². The van der Waals surface area contributed by atoms with E-state index in [0.29, 0.717) is 5.54 Å². The first-order chi connectivity index (χ1) is 8.35. The molecule has 1 heterocycles. The second-order valence-electron chi connectivity index (χ2n) is 5.27. The van der Waals surface area contributed by atoms with Crippen LogP contribution in [-0.4, -0.2) is 10.5 Å². The van der Waals surface area contributed by atoms with Crippen LogP contribution in [-0.2, 0) is 6.54 Å². The van der Waals surface area contributed by atoms with Gasteiger partial charge < -0.3 is 5.32 Å². The van der Waals surface area contributed by atoms with Gasteiger partial charge in [0.2, 0.25) is 0 Å². The van der Waals surface area contributed by atoms with E-state index in [2.05, 4.69) is 29.4 Å². The van der Waals surface area contributed by atoms with E-state index in [9.17, 15) is 0 Å². The Kier molecular flexibility index (Phi) is 4.55. The molecule has 1 aromatic rings. The third-order valence-electron chi connectivity index (χ3n) is 3.94. The minimum absolute atomic E-state index is 0.437. The molecular formula is C15H24N2. The second-order valence-corrected chi connectivity index (χ2v) is 5.27. The van der Waals surface area contributed by atoms with Crippen LogP contribution >= 0.6 is 0 Å². The lowest BCUT2D eigenvalue weighted by Crippen LogP contribution is -2.50. The van der Waals surface area contributed by atoms with Gasteiger partial charge in [0.1, 0.15) is 0 Å². The van der Waals surface area contributed by atoms with Crippen molar-refractivity contribution in [2.45, 2.75) is 64.0 Å². The molecule has 1 saturated carbocycles. The summed E-state index contributed by atoms with van der Waals surface area (Å²) < 4.78 is 0. The molecular weight excluding hydrogens is 208 g/mol. The molecule has 2 nitrogen and oxygen atoms in total. The summed E-state index contributed by atoms with van der Waals surface area (Å²) in [6.45, 7) is 3.20. The summed E-state index contributed by atoms with van der Waals surface area (Å²) in [4.78, 5) is 4.37. The predicted molar refractivity (Wildman–Crippen MR) is 71.8 cm³/mol. The molecule has 0 radical (unpaired) electrons. The van der Waals surface area contributed by atoms with Crippen LogP contribution < -0.4 is 5.32 Å². The number of aromatic nitrogens is 1. The van der Waals surface area contributed by atoms with Gasteiger partial charge in [0, 0.05) is 18.3 Å². The fraction of sp³-hybridized carbons (Fsp3) is 0.667. The summed E-state index contributed by atoms with van der Waals surface area (Å²) in [6, 6.07) is 6.14. The first-order valence-electron chi connectivity index (χ1n) is 7.00. The molecule has 1 N–H and O–H groups in total. The Labute approximate surface area is 105 Å². The standard InChI is InChI=1S/C15H24N2/c1-2-3-5-9-15(10-7-11-15)17-13-14-8-4-6-12-16-14/h4,6,8,12,17H,2-3,5,7,9-11,13H2,1H3. The van der Waals surface area contributed by atoms with Crippen LogP contribution in [0, 0.1) is 0 Å².